The number of fused-ring (bicyclic) bond motifs is 3. The quantitative estimate of drug-likeness (QED) is 0.232. The summed E-state index contributed by atoms with van der Waals surface area (Å²) in [4.78, 5) is 12.1. The van der Waals surface area contributed by atoms with E-state index in [9.17, 15) is 18.0 Å². The Morgan fingerprint density at radius 2 is 1.48 bits per heavy atom. The van der Waals surface area contributed by atoms with Crippen molar-refractivity contribution in [2.75, 3.05) is 0 Å². The maximum atomic E-state index is 13.8. The normalized spacial score (nSPS) is 12.1. The average Bonchev–Trinajstić information content (AvgIpc) is 2.93. The lowest BCUT2D eigenvalue weighted by Gasteiger charge is -1.98. The molecule has 0 spiro atoms. The Morgan fingerprint density at radius 1 is 0.840 bits per heavy atom. The SMILES string of the molecule is CC(=O)c1ccc2c(c1)c1ccccc1[s+]2-c1cc(F)c(F)c(F)c1. The summed E-state index contributed by atoms with van der Waals surface area (Å²) in [5, 5.41) is 1.80. The highest BCUT2D eigenvalue weighted by atomic mass is 32.2. The van der Waals surface area contributed by atoms with Crippen molar-refractivity contribution >= 4 is 36.4 Å². The van der Waals surface area contributed by atoms with Crippen LogP contribution in [0.4, 0.5) is 13.2 Å². The van der Waals surface area contributed by atoms with E-state index in [1.54, 1.807) is 12.1 Å². The number of hydrogen-bond acceptors (Lipinski definition) is 1. The van der Waals surface area contributed by atoms with Crippen LogP contribution in [0.15, 0.2) is 54.6 Å². The minimum absolute atomic E-state index is 0.0501. The number of rotatable bonds is 2. The fourth-order valence-electron chi connectivity index (χ4n) is 3.03. The Bertz CT molecular complexity index is 1140. The van der Waals surface area contributed by atoms with Crippen molar-refractivity contribution in [1.82, 2.24) is 0 Å². The van der Waals surface area contributed by atoms with E-state index in [2.05, 4.69) is 0 Å². The lowest BCUT2D eigenvalue weighted by atomic mass is 10.1. The summed E-state index contributed by atoms with van der Waals surface area (Å²) in [6.45, 7) is 1.49. The number of carbonyl (C=O) groups is 1. The first-order valence-corrected chi connectivity index (χ1v) is 8.83. The van der Waals surface area contributed by atoms with Crippen LogP contribution in [0, 0.1) is 17.5 Å². The van der Waals surface area contributed by atoms with Gasteiger partial charge in [0.2, 0.25) is 0 Å². The average molecular weight is 357 g/mol. The number of hydrogen-bond donors (Lipinski definition) is 0. The molecule has 0 bridgehead atoms. The highest BCUT2D eigenvalue weighted by molar-refractivity contribution is 7.50. The molecule has 1 unspecified atom stereocenters. The molecule has 4 aromatic rings. The second kappa shape index (κ2) is 5.70. The molecule has 3 aromatic carbocycles. The second-order valence-corrected chi connectivity index (χ2v) is 7.73. The highest BCUT2D eigenvalue weighted by Crippen LogP contribution is 2.48. The van der Waals surface area contributed by atoms with Gasteiger partial charge in [0, 0.05) is 38.9 Å². The Kier molecular flexibility index (Phi) is 3.62. The molecule has 0 fully saturated rings. The summed E-state index contributed by atoms with van der Waals surface area (Å²) < 4.78 is 42.6. The van der Waals surface area contributed by atoms with Crippen LogP contribution in [-0.2, 0) is 0 Å². The zero-order valence-electron chi connectivity index (χ0n) is 13.1. The van der Waals surface area contributed by atoms with Crippen LogP contribution in [0.5, 0.6) is 0 Å². The fourth-order valence-corrected chi connectivity index (χ4v) is 5.42. The third-order valence-corrected chi connectivity index (χ3v) is 6.49. The van der Waals surface area contributed by atoms with Crippen molar-refractivity contribution in [3.8, 4) is 4.90 Å². The van der Waals surface area contributed by atoms with E-state index in [-0.39, 0.29) is 5.78 Å². The first-order valence-electron chi connectivity index (χ1n) is 7.60. The van der Waals surface area contributed by atoms with Gasteiger partial charge in [0.15, 0.2) is 37.5 Å². The number of benzene rings is 3. The maximum Gasteiger partial charge on any atom is 0.194 e. The van der Waals surface area contributed by atoms with Crippen molar-refractivity contribution in [1.29, 1.82) is 0 Å². The summed E-state index contributed by atoms with van der Waals surface area (Å²) in [6, 6.07) is 15.0. The van der Waals surface area contributed by atoms with Crippen LogP contribution < -0.4 is 0 Å². The van der Waals surface area contributed by atoms with Gasteiger partial charge in [0.25, 0.3) is 0 Å². The van der Waals surface area contributed by atoms with Crippen LogP contribution >= 0.6 is 10.5 Å². The van der Waals surface area contributed by atoms with Gasteiger partial charge in [-0.3, -0.25) is 4.79 Å². The molecule has 0 saturated heterocycles. The molecule has 1 atom stereocenters. The second-order valence-electron chi connectivity index (χ2n) is 5.77. The van der Waals surface area contributed by atoms with Crippen LogP contribution in [0.1, 0.15) is 17.3 Å². The molecule has 0 aliphatic carbocycles. The van der Waals surface area contributed by atoms with Crippen LogP contribution in [0.3, 0.4) is 0 Å². The zero-order chi connectivity index (χ0) is 17.7. The van der Waals surface area contributed by atoms with E-state index < -0.39 is 27.9 Å². The summed E-state index contributed by atoms with van der Waals surface area (Å²) in [6.07, 6.45) is 0. The summed E-state index contributed by atoms with van der Waals surface area (Å²) in [5.74, 6) is -3.92. The fraction of sp³-hybridized carbons (Fsp3) is 0.0500. The minimum Gasteiger partial charge on any atom is -0.295 e. The molecule has 0 saturated carbocycles. The number of carbonyl (C=O) groups excluding carboxylic acids is 1. The van der Waals surface area contributed by atoms with Gasteiger partial charge in [-0.05, 0) is 37.3 Å². The Morgan fingerprint density at radius 3 is 2.16 bits per heavy atom. The van der Waals surface area contributed by atoms with Crippen LogP contribution in [-0.4, -0.2) is 5.78 Å². The third-order valence-electron chi connectivity index (χ3n) is 4.20. The van der Waals surface area contributed by atoms with Gasteiger partial charge >= 0.3 is 0 Å². The zero-order valence-corrected chi connectivity index (χ0v) is 14.0. The number of thiophene rings is 1. The molecule has 0 N–H and O–H groups in total. The van der Waals surface area contributed by atoms with Crippen LogP contribution in [0.2, 0.25) is 0 Å². The van der Waals surface area contributed by atoms with Crippen molar-refractivity contribution in [2.24, 2.45) is 0 Å². The van der Waals surface area contributed by atoms with Crippen molar-refractivity contribution in [3.05, 3.63) is 77.6 Å². The molecule has 25 heavy (non-hydrogen) atoms. The molecule has 0 amide bonds. The van der Waals surface area contributed by atoms with E-state index in [4.69, 9.17) is 0 Å². The third kappa shape index (κ3) is 2.43. The van der Waals surface area contributed by atoms with Gasteiger partial charge in [-0.2, -0.15) is 0 Å². The van der Waals surface area contributed by atoms with Gasteiger partial charge in [-0.15, -0.1) is 0 Å². The smallest absolute Gasteiger partial charge is 0.194 e. The van der Waals surface area contributed by atoms with Gasteiger partial charge in [-0.25, -0.2) is 13.2 Å². The van der Waals surface area contributed by atoms with Crippen molar-refractivity contribution in [2.45, 2.75) is 6.92 Å². The molecule has 1 nitrogen and oxygen atoms in total. The number of Topliss-reactive ketones (excluding diaryl/α,β-unsaturated/α-hetero) is 1. The lowest BCUT2D eigenvalue weighted by Crippen LogP contribution is -1.91. The highest BCUT2D eigenvalue weighted by Gasteiger charge is 2.26. The van der Waals surface area contributed by atoms with E-state index in [1.165, 1.54) is 6.92 Å². The number of ketones is 1. The van der Waals surface area contributed by atoms with Crippen LogP contribution in [0.25, 0.3) is 25.1 Å². The molecule has 1 aromatic heterocycles. The van der Waals surface area contributed by atoms with Gasteiger partial charge in [-0.1, -0.05) is 12.1 Å². The molecule has 4 rings (SSSR count). The van der Waals surface area contributed by atoms with Gasteiger partial charge in [0.05, 0.1) is 0 Å². The summed E-state index contributed by atoms with van der Waals surface area (Å²) >= 11 is 0. The van der Waals surface area contributed by atoms with Crippen molar-refractivity contribution < 1.29 is 18.0 Å². The molecule has 0 aliphatic rings. The molecule has 1 heterocycles. The van der Waals surface area contributed by atoms with E-state index in [1.807, 2.05) is 30.3 Å². The molecule has 0 radical (unpaired) electrons. The molecule has 5 heteroatoms. The molecule has 0 aliphatic heterocycles. The Balaban J connectivity index is 2.14. The largest absolute Gasteiger partial charge is 0.295 e. The predicted octanol–water partition coefficient (Wildman–Crippen LogP) is 6.35. The first kappa shape index (κ1) is 15.8. The summed E-state index contributed by atoms with van der Waals surface area (Å²) in [7, 11) is -0.749. The Hall–Kier alpha value is -2.66. The van der Waals surface area contributed by atoms with Crippen molar-refractivity contribution in [3.63, 3.8) is 0 Å². The van der Waals surface area contributed by atoms with E-state index >= 15 is 0 Å². The monoisotopic (exact) mass is 357 g/mol. The predicted molar refractivity (Wildman–Crippen MR) is 95.1 cm³/mol. The maximum absolute atomic E-state index is 13.8. The van der Waals surface area contributed by atoms with Gasteiger partial charge < -0.3 is 0 Å². The molecular weight excluding hydrogens is 345 g/mol. The molecular formula is C20H12F3OS+. The first-order chi connectivity index (χ1) is 12.0. The Labute approximate surface area is 144 Å². The number of halogens is 3. The van der Waals surface area contributed by atoms with Gasteiger partial charge in [0.1, 0.15) is 0 Å². The summed E-state index contributed by atoms with van der Waals surface area (Å²) in [5.41, 5.74) is 0.579. The minimum atomic E-state index is -1.47. The topological polar surface area (TPSA) is 17.1 Å². The standard InChI is InChI=1S/C20H12F3OS/c1-11(24)12-6-7-19-15(8-12)14-4-2-3-5-18(14)25(19)13-9-16(21)20(23)17(22)10-13/h2-10H,1H3/q+1. The molecule has 124 valence electrons. The van der Waals surface area contributed by atoms with E-state index in [0.29, 0.717) is 10.5 Å². The van der Waals surface area contributed by atoms with E-state index in [0.717, 1.165) is 32.3 Å². The lowest BCUT2D eigenvalue weighted by molar-refractivity contribution is 0.101.